The molecule has 8 nitrogen and oxygen atoms in total. The summed E-state index contributed by atoms with van der Waals surface area (Å²) in [5, 5.41) is 9.39. The van der Waals surface area contributed by atoms with Crippen molar-refractivity contribution in [1.29, 1.82) is 0 Å². The van der Waals surface area contributed by atoms with Crippen LogP contribution >= 0.6 is 0 Å². The Morgan fingerprint density at radius 1 is 1.00 bits per heavy atom. The van der Waals surface area contributed by atoms with Crippen LogP contribution < -0.4 is 0 Å². The first kappa shape index (κ1) is 19.7. The van der Waals surface area contributed by atoms with Gasteiger partial charge in [0, 0.05) is 6.42 Å². The van der Waals surface area contributed by atoms with Crippen LogP contribution in [0.2, 0.25) is 0 Å². The monoisotopic (exact) mass is 330 g/mol. The van der Waals surface area contributed by atoms with E-state index < -0.39 is 24.9 Å². The molecule has 1 rings (SSSR count). The maximum Gasteiger partial charge on any atom is 0.183 e. The van der Waals surface area contributed by atoms with E-state index in [9.17, 15) is 9.90 Å². The molecular formula is C15H22O8. The molecule has 0 aliphatic heterocycles. The summed E-state index contributed by atoms with van der Waals surface area (Å²) in [6, 6.07) is 9.11. The highest BCUT2D eigenvalue weighted by atomic mass is 17.2. The molecule has 0 saturated carbocycles. The standard InChI is InChI=1S/C15H22O8/c1-18-21-13(10-16)15(23-20-3)14(22-19-2)12(17)9-11-7-5-4-6-8-11/h4-8,13-16H,9-10H2,1-3H3/t13-,14+,15-/m0/s1. The molecule has 0 heterocycles. The molecule has 1 N–H and O–H groups in total. The van der Waals surface area contributed by atoms with Crippen LogP contribution in [0.25, 0.3) is 0 Å². The van der Waals surface area contributed by atoms with E-state index in [0.717, 1.165) is 5.56 Å². The van der Waals surface area contributed by atoms with Gasteiger partial charge in [-0.3, -0.25) is 4.79 Å². The van der Waals surface area contributed by atoms with Gasteiger partial charge in [-0.15, -0.1) is 0 Å². The summed E-state index contributed by atoms with van der Waals surface area (Å²) in [5.74, 6) is -0.335. The topological polar surface area (TPSA) is 92.7 Å². The van der Waals surface area contributed by atoms with E-state index in [2.05, 4.69) is 14.7 Å². The molecule has 0 aromatic heterocycles. The van der Waals surface area contributed by atoms with Crippen LogP contribution in [0, 0.1) is 0 Å². The van der Waals surface area contributed by atoms with Crippen molar-refractivity contribution in [3.63, 3.8) is 0 Å². The lowest BCUT2D eigenvalue weighted by Gasteiger charge is -2.27. The van der Waals surface area contributed by atoms with Gasteiger partial charge in [0.15, 0.2) is 18.0 Å². The van der Waals surface area contributed by atoms with Crippen molar-refractivity contribution < 1.29 is 39.2 Å². The third-order valence-corrected chi connectivity index (χ3v) is 3.01. The number of ketones is 1. The van der Waals surface area contributed by atoms with Gasteiger partial charge in [0.1, 0.15) is 6.10 Å². The number of aliphatic hydroxyl groups excluding tert-OH is 1. The van der Waals surface area contributed by atoms with E-state index in [0.29, 0.717) is 0 Å². The highest BCUT2D eigenvalue weighted by Crippen LogP contribution is 2.16. The van der Waals surface area contributed by atoms with Crippen LogP contribution in [-0.4, -0.2) is 57.1 Å². The van der Waals surface area contributed by atoms with Gasteiger partial charge in [-0.25, -0.2) is 29.3 Å². The number of Topliss-reactive ketones (excluding diaryl/α,β-unsaturated/α-hetero) is 1. The fourth-order valence-corrected chi connectivity index (χ4v) is 2.02. The Labute approximate surface area is 134 Å². The fraction of sp³-hybridized carbons (Fsp3) is 0.533. The van der Waals surface area contributed by atoms with Crippen LogP contribution in [0.1, 0.15) is 5.56 Å². The van der Waals surface area contributed by atoms with E-state index in [4.69, 9.17) is 14.7 Å². The molecule has 0 aliphatic carbocycles. The van der Waals surface area contributed by atoms with E-state index in [1.165, 1.54) is 21.3 Å². The van der Waals surface area contributed by atoms with Gasteiger partial charge < -0.3 is 5.11 Å². The van der Waals surface area contributed by atoms with Crippen molar-refractivity contribution in [3.05, 3.63) is 35.9 Å². The van der Waals surface area contributed by atoms with Crippen molar-refractivity contribution in [3.8, 4) is 0 Å². The molecule has 0 amide bonds. The molecule has 8 heteroatoms. The molecule has 0 spiro atoms. The number of benzene rings is 1. The zero-order valence-corrected chi connectivity index (χ0v) is 13.3. The van der Waals surface area contributed by atoms with Gasteiger partial charge in [-0.2, -0.15) is 0 Å². The molecule has 130 valence electrons. The first-order chi connectivity index (χ1) is 11.2. The minimum absolute atomic E-state index is 0.0869. The molecule has 0 bridgehead atoms. The Morgan fingerprint density at radius 3 is 2.13 bits per heavy atom. The number of aliphatic hydroxyl groups is 1. The third kappa shape index (κ3) is 6.32. The van der Waals surface area contributed by atoms with Crippen molar-refractivity contribution in [1.82, 2.24) is 0 Å². The largest absolute Gasteiger partial charge is 0.393 e. The summed E-state index contributed by atoms with van der Waals surface area (Å²) in [6.45, 7) is -0.482. The van der Waals surface area contributed by atoms with Gasteiger partial charge in [-0.1, -0.05) is 30.3 Å². The van der Waals surface area contributed by atoms with Crippen molar-refractivity contribution in [2.45, 2.75) is 24.7 Å². The number of rotatable bonds is 12. The van der Waals surface area contributed by atoms with Gasteiger partial charge in [0.2, 0.25) is 0 Å². The van der Waals surface area contributed by atoms with Crippen LogP contribution in [0.5, 0.6) is 0 Å². The number of hydrogen-bond acceptors (Lipinski definition) is 8. The van der Waals surface area contributed by atoms with Crippen LogP contribution in [0.4, 0.5) is 0 Å². The summed E-state index contributed by atoms with van der Waals surface area (Å²) in [6.07, 6.45) is -3.21. The van der Waals surface area contributed by atoms with Gasteiger partial charge in [0.25, 0.3) is 0 Å². The second kappa shape index (κ2) is 11.2. The molecule has 0 saturated heterocycles. The normalized spacial score (nSPS) is 15.1. The molecule has 0 unspecified atom stereocenters. The Hall–Kier alpha value is -1.39. The average molecular weight is 330 g/mol. The lowest BCUT2D eigenvalue weighted by Crippen LogP contribution is -2.48. The fourth-order valence-electron chi connectivity index (χ4n) is 2.02. The van der Waals surface area contributed by atoms with Gasteiger partial charge in [0.05, 0.1) is 27.9 Å². The minimum Gasteiger partial charge on any atom is -0.393 e. The predicted molar refractivity (Wildman–Crippen MR) is 77.9 cm³/mol. The molecule has 0 fully saturated rings. The molecule has 23 heavy (non-hydrogen) atoms. The molecule has 1 aromatic carbocycles. The first-order valence-electron chi connectivity index (χ1n) is 6.93. The highest BCUT2D eigenvalue weighted by Gasteiger charge is 2.39. The summed E-state index contributed by atoms with van der Waals surface area (Å²) in [4.78, 5) is 41.3. The highest BCUT2D eigenvalue weighted by molar-refractivity contribution is 5.85. The molecule has 0 aliphatic rings. The molecule has 1 aromatic rings. The van der Waals surface area contributed by atoms with Crippen LogP contribution in [0.15, 0.2) is 30.3 Å². The smallest absolute Gasteiger partial charge is 0.183 e. The van der Waals surface area contributed by atoms with Crippen LogP contribution in [-0.2, 0) is 40.5 Å². The lowest BCUT2D eigenvalue weighted by molar-refractivity contribution is -0.410. The van der Waals surface area contributed by atoms with Gasteiger partial charge in [-0.05, 0) is 5.56 Å². The van der Waals surface area contributed by atoms with Crippen molar-refractivity contribution in [2.24, 2.45) is 0 Å². The maximum atomic E-state index is 12.5. The lowest BCUT2D eigenvalue weighted by atomic mass is 9.99. The zero-order chi connectivity index (χ0) is 17.1. The van der Waals surface area contributed by atoms with E-state index in [1.807, 2.05) is 30.3 Å². The number of carbonyl (C=O) groups excluding carboxylic acids is 1. The summed E-state index contributed by atoms with van der Waals surface area (Å²) < 4.78 is 0. The average Bonchev–Trinajstić information content (AvgIpc) is 2.57. The minimum atomic E-state index is -1.19. The maximum absolute atomic E-state index is 12.5. The van der Waals surface area contributed by atoms with Crippen molar-refractivity contribution >= 4 is 5.78 Å². The molecule has 0 radical (unpaired) electrons. The molecular weight excluding hydrogens is 308 g/mol. The van der Waals surface area contributed by atoms with Crippen LogP contribution in [0.3, 0.4) is 0 Å². The summed E-state index contributed by atoms with van der Waals surface area (Å²) >= 11 is 0. The number of hydrogen-bond donors (Lipinski definition) is 1. The third-order valence-electron chi connectivity index (χ3n) is 3.01. The second-order valence-electron chi connectivity index (χ2n) is 4.52. The first-order valence-corrected chi connectivity index (χ1v) is 6.93. The van der Waals surface area contributed by atoms with Gasteiger partial charge >= 0.3 is 0 Å². The molecule has 3 atom stereocenters. The number of carbonyl (C=O) groups is 1. The predicted octanol–water partition coefficient (Wildman–Crippen LogP) is 0.630. The van der Waals surface area contributed by atoms with E-state index in [-0.39, 0.29) is 12.2 Å². The Morgan fingerprint density at radius 2 is 1.61 bits per heavy atom. The van der Waals surface area contributed by atoms with Crippen molar-refractivity contribution in [2.75, 3.05) is 27.9 Å². The second-order valence-corrected chi connectivity index (χ2v) is 4.52. The Kier molecular flexibility index (Phi) is 9.57. The zero-order valence-electron chi connectivity index (χ0n) is 13.3. The van der Waals surface area contributed by atoms with E-state index >= 15 is 0 Å². The quantitative estimate of drug-likeness (QED) is 0.441. The Balaban J connectivity index is 2.91. The Bertz CT molecular complexity index is 438. The van der Waals surface area contributed by atoms with E-state index in [1.54, 1.807) is 0 Å². The SMILES string of the molecule is COO[C@@H]([C@H](CO)OOC)[C@H](OOC)C(=O)Cc1ccccc1. The summed E-state index contributed by atoms with van der Waals surface area (Å²) in [7, 11) is 3.79. The summed E-state index contributed by atoms with van der Waals surface area (Å²) in [5.41, 5.74) is 0.798.